The van der Waals surface area contributed by atoms with E-state index >= 15 is 0 Å². The summed E-state index contributed by atoms with van der Waals surface area (Å²) in [6.45, 7) is 5.63. The number of hydrogen-bond donors (Lipinski definition) is 2. The maximum absolute atomic E-state index is 11.7. The molecule has 2 atom stereocenters. The highest BCUT2D eigenvalue weighted by Crippen LogP contribution is 2.09. The van der Waals surface area contributed by atoms with Crippen LogP contribution >= 0.6 is 12.4 Å². The smallest absolute Gasteiger partial charge is 0.214 e. The number of ether oxygens (including phenoxy) is 1. The van der Waals surface area contributed by atoms with Crippen LogP contribution in [0.1, 0.15) is 26.7 Å². The number of halogens is 1. The van der Waals surface area contributed by atoms with E-state index in [1.807, 2.05) is 6.92 Å². The van der Waals surface area contributed by atoms with E-state index in [1.54, 1.807) is 0 Å². The van der Waals surface area contributed by atoms with Crippen molar-refractivity contribution >= 4 is 22.4 Å². The summed E-state index contributed by atoms with van der Waals surface area (Å²) >= 11 is 0. The van der Waals surface area contributed by atoms with Crippen molar-refractivity contribution in [1.29, 1.82) is 0 Å². The van der Waals surface area contributed by atoms with E-state index in [0.717, 1.165) is 19.4 Å². The average Bonchev–Trinajstić information content (AvgIpc) is 2.17. The van der Waals surface area contributed by atoms with Crippen LogP contribution in [0.2, 0.25) is 0 Å². The summed E-state index contributed by atoms with van der Waals surface area (Å²) in [4.78, 5) is 0. The first-order valence-electron chi connectivity index (χ1n) is 5.84. The number of sulfonamides is 1. The van der Waals surface area contributed by atoms with Crippen LogP contribution < -0.4 is 10.0 Å². The molecule has 2 N–H and O–H groups in total. The number of rotatable bonds is 6. The Labute approximate surface area is 110 Å². The van der Waals surface area contributed by atoms with Crippen molar-refractivity contribution in [2.24, 2.45) is 0 Å². The molecule has 0 amide bonds. The third-order valence-corrected chi connectivity index (χ3v) is 4.07. The quantitative estimate of drug-likeness (QED) is 0.698. The number of piperidine rings is 1. The topological polar surface area (TPSA) is 67.4 Å². The maximum Gasteiger partial charge on any atom is 0.214 e. The molecule has 1 aliphatic heterocycles. The molecule has 104 valence electrons. The minimum atomic E-state index is -3.18. The Morgan fingerprint density at radius 2 is 2.18 bits per heavy atom. The van der Waals surface area contributed by atoms with Crippen molar-refractivity contribution in [1.82, 2.24) is 10.0 Å². The molecule has 5 nitrogen and oxygen atoms in total. The van der Waals surface area contributed by atoms with Gasteiger partial charge in [-0.2, -0.15) is 0 Å². The van der Waals surface area contributed by atoms with Gasteiger partial charge in [0.25, 0.3) is 0 Å². The Kier molecular flexibility index (Phi) is 8.32. The van der Waals surface area contributed by atoms with Crippen molar-refractivity contribution < 1.29 is 13.2 Å². The zero-order chi connectivity index (χ0) is 12.0. The van der Waals surface area contributed by atoms with E-state index in [1.165, 1.54) is 0 Å². The Bertz CT molecular complexity index is 298. The van der Waals surface area contributed by atoms with Crippen LogP contribution in [0.3, 0.4) is 0 Å². The summed E-state index contributed by atoms with van der Waals surface area (Å²) in [5, 5.41) is 3.29. The fourth-order valence-electron chi connectivity index (χ4n) is 1.86. The molecule has 0 aromatic rings. The summed E-state index contributed by atoms with van der Waals surface area (Å²) in [6, 6.07) is 0.455. The van der Waals surface area contributed by atoms with Gasteiger partial charge in [-0.3, -0.25) is 0 Å². The first-order chi connectivity index (χ1) is 7.53. The van der Waals surface area contributed by atoms with Gasteiger partial charge in [-0.05, 0) is 33.2 Å². The molecule has 1 saturated heterocycles. The second-order valence-electron chi connectivity index (χ2n) is 4.21. The molecule has 0 spiro atoms. The first kappa shape index (κ1) is 17.1. The summed E-state index contributed by atoms with van der Waals surface area (Å²) < 4.78 is 31.1. The van der Waals surface area contributed by atoms with Gasteiger partial charge in [0.15, 0.2) is 0 Å². The largest absolute Gasteiger partial charge is 0.381 e. The fraction of sp³-hybridized carbons (Fsp3) is 1.00. The van der Waals surface area contributed by atoms with Crippen molar-refractivity contribution in [2.45, 2.75) is 38.8 Å². The van der Waals surface area contributed by atoms with Gasteiger partial charge in [0, 0.05) is 18.7 Å². The van der Waals surface area contributed by atoms with Crippen LogP contribution in [0.25, 0.3) is 0 Å². The van der Waals surface area contributed by atoms with Crippen LogP contribution in [0.5, 0.6) is 0 Å². The maximum atomic E-state index is 11.7. The summed E-state index contributed by atoms with van der Waals surface area (Å²) in [5.74, 6) is 0.0547. The lowest BCUT2D eigenvalue weighted by Gasteiger charge is -2.28. The molecular weight excluding hydrogens is 264 g/mol. The summed E-state index contributed by atoms with van der Waals surface area (Å²) in [6.07, 6.45) is 1.71. The van der Waals surface area contributed by atoms with Gasteiger partial charge in [-0.15, -0.1) is 12.4 Å². The molecule has 1 fully saturated rings. The predicted molar refractivity (Wildman–Crippen MR) is 71.2 cm³/mol. The molecule has 0 aliphatic carbocycles. The molecule has 0 saturated carbocycles. The molecule has 7 heteroatoms. The first-order valence-corrected chi connectivity index (χ1v) is 7.50. The molecule has 0 aromatic heterocycles. The highest BCUT2D eigenvalue weighted by molar-refractivity contribution is 7.89. The summed E-state index contributed by atoms with van der Waals surface area (Å²) in [7, 11) is -3.18. The highest BCUT2D eigenvalue weighted by atomic mass is 35.5. The standard InChI is InChI=1S/C10H22N2O3S.ClH/c1-3-15-6-7-16(13,14)12-10-4-5-11-9(2)8-10;/h9-12H,3-8H2,1-2H3;1H. The lowest BCUT2D eigenvalue weighted by atomic mass is 10.0. The van der Waals surface area contributed by atoms with Gasteiger partial charge in [0.1, 0.15) is 0 Å². The van der Waals surface area contributed by atoms with Gasteiger partial charge < -0.3 is 10.1 Å². The third kappa shape index (κ3) is 7.21. The van der Waals surface area contributed by atoms with Crippen molar-refractivity contribution in [3.63, 3.8) is 0 Å². The number of hydrogen-bond acceptors (Lipinski definition) is 4. The minimum Gasteiger partial charge on any atom is -0.381 e. The average molecular weight is 287 g/mol. The lowest BCUT2D eigenvalue weighted by Crippen LogP contribution is -2.47. The van der Waals surface area contributed by atoms with E-state index in [2.05, 4.69) is 17.0 Å². The van der Waals surface area contributed by atoms with Crippen molar-refractivity contribution in [3.8, 4) is 0 Å². The second-order valence-corrected chi connectivity index (χ2v) is 6.08. The van der Waals surface area contributed by atoms with Crippen molar-refractivity contribution in [2.75, 3.05) is 25.5 Å². The molecule has 0 radical (unpaired) electrons. The Morgan fingerprint density at radius 1 is 1.47 bits per heavy atom. The molecule has 0 bridgehead atoms. The second kappa shape index (κ2) is 8.26. The molecule has 0 aromatic carbocycles. The molecular formula is C10H23ClN2O3S. The molecule has 17 heavy (non-hydrogen) atoms. The summed E-state index contributed by atoms with van der Waals surface area (Å²) in [5.41, 5.74) is 0. The Morgan fingerprint density at radius 3 is 2.76 bits per heavy atom. The van der Waals surface area contributed by atoms with Gasteiger partial charge in [-0.25, -0.2) is 13.1 Å². The van der Waals surface area contributed by atoms with E-state index in [0.29, 0.717) is 12.6 Å². The SMILES string of the molecule is CCOCCS(=O)(=O)NC1CCNC(C)C1.Cl. The highest BCUT2D eigenvalue weighted by Gasteiger charge is 2.22. The fourth-order valence-corrected chi connectivity index (χ4v) is 3.04. The van der Waals surface area contributed by atoms with Crippen LogP contribution in [0.15, 0.2) is 0 Å². The van der Waals surface area contributed by atoms with E-state index < -0.39 is 10.0 Å². The Balaban J connectivity index is 0.00000256. The van der Waals surface area contributed by atoms with E-state index in [4.69, 9.17) is 4.74 Å². The monoisotopic (exact) mass is 286 g/mol. The van der Waals surface area contributed by atoms with Crippen molar-refractivity contribution in [3.05, 3.63) is 0 Å². The third-order valence-electron chi connectivity index (χ3n) is 2.67. The zero-order valence-corrected chi connectivity index (χ0v) is 12.1. The zero-order valence-electron chi connectivity index (χ0n) is 10.4. The lowest BCUT2D eigenvalue weighted by molar-refractivity contribution is 0.163. The molecule has 1 heterocycles. The molecule has 2 unspecified atom stereocenters. The number of nitrogens with one attached hydrogen (secondary N) is 2. The molecule has 1 rings (SSSR count). The van der Waals surface area contributed by atoms with Gasteiger partial charge >= 0.3 is 0 Å². The van der Waals surface area contributed by atoms with Crippen LogP contribution in [-0.2, 0) is 14.8 Å². The van der Waals surface area contributed by atoms with E-state index in [-0.39, 0.29) is 30.8 Å². The molecule has 1 aliphatic rings. The van der Waals surface area contributed by atoms with Crippen LogP contribution in [-0.4, -0.2) is 46.0 Å². The van der Waals surface area contributed by atoms with E-state index in [9.17, 15) is 8.42 Å². The minimum absolute atomic E-state index is 0. The predicted octanol–water partition coefficient (Wildman–Crippen LogP) is 0.505. The van der Waals surface area contributed by atoms with Crippen LogP contribution in [0.4, 0.5) is 0 Å². The normalized spacial score (nSPS) is 25.3. The Hall–Kier alpha value is 0.120. The van der Waals surface area contributed by atoms with Gasteiger partial charge in [-0.1, -0.05) is 0 Å². The van der Waals surface area contributed by atoms with Crippen LogP contribution in [0, 0.1) is 0 Å². The van der Waals surface area contributed by atoms with Gasteiger partial charge in [0.2, 0.25) is 10.0 Å². The van der Waals surface area contributed by atoms with Gasteiger partial charge in [0.05, 0.1) is 12.4 Å².